The van der Waals surface area contributed by atoms with E-state index in [0.29, 0.717) is 29.4 Å². The molecule has 1 aliphatic heterocycles. The van der Waals surface area contributed by atoms with Gasteiger partial charge in [-0.1, -0.05) is 6.07 Å². The molecule has 3 rings (SSSR count). The van der Waals surface area contributed by atoms with Crippen LogP contribution in [0.25, 0.3) is 0 Å². The van der Waals surface area contributed by atoms with Gasteiger partial charge in [-0.25, -0.2) is 0 Å². The monoisotopic (exact) mass is 413 g/mol. The molecule has 2 aromatic rings. The molecular weight excluding hydrogens is 386 g/mol. The van der Waals surface area contributed by atoms with Crippen LogP contribution in [0.3, 0.4) is 0 Å². The molecule has 1 saturated heterocycles. The molecule has 0 unspecified atom stereocenters. The summed E-state index contributed by atoms with van der Waals surface area (Å²) in [5.74, 6) is 0.928. The highest BCUT2D eigenvalue weighted by Crippen LogP contribution is 2.43. The van der Waals surface area contributed by atoms with Crippen molar-refractivity contribution in [1.82, 2.24) is 0 Å². The summed E-state index contributed by atoms with van der Waals surface area (Å²) in [7, 11) is 4.70. The van der Waals surface area contributed by atoms with Gasteiger partial charge in [0.1, 0.15) is 5.75 Å². The van der Waals surface area contributed by atoms with E-state index in [4.69, 9.17) is 18.9 Å². The fraction of sp³-hybridized carbons (Fsp3) is 0.391. The standard InChI is InChI=1S/C23H27NO6/c1-5-30-23(26)18-11-13-21(25)24(16-7-9-17(27-2)10-8-16)22(18)15-6-12-19(28-3)20(14-15)29-4/h6-10,12,14,18,22H,5,11,13H2,1-4H3/t18-,22+/m0/s1. The highest BCUT2D eigenvalue weighted by Gasteiger charge is 2.42. The summed E-state index contributed by atoms with van der Waals surface area (Å²) in [6.45, 7) is 2.06. The summed E-state index contributed by atoms with van der Waals surface area (Å²) in [6.07, 6.45) is 0.683. The second-order valence-corrected chi connectivity index (χ2v) is 6.92. The Hall–Kier alpha value is -3.22. The van der Waals surface area contributed by atoms with Gasteiger partial charge in [-0.2, -0.15) is 0 Å². The van der Waals surface area contributed by atoms with E-state index >= 15 is 0 Å². The molecule has 0 N–H and O–H groups in total. The van der Waals surface area contributed by atoms with Gasteiger partial charge in [-0.15, -0.1) is 0 Å². The summed E-state index contributed by atoms with van der Waals surface area (Å²) in [6, 6.07) is 12.1. The van der Waals surface area contributed by atoms with Crippen LogP contribution in [0.15, 0.2) is 42.5 Å². The number of anilines is 1. The maximum absolute atomic E-state index is 13.0. The van der Waals surface area contributed by atoms with Crippen molar-refractivity contribution in [2.45, 2.75) is 25.8 Å². The Morgan fingerprint density at radius 1 is 1.00 bits per heavy atom. The predicted molar refractivity (Wildman–Crippen MR) is 112 cm³/mol. The number of hydrogen-bond donors (Lipinski definition) is 0. The van der Waals surface area contributed by atoms with Gasteiger partial charge in [0.05, 0.1) is 39.9 Å². The van der Waals surface area contributed by atoms with Gasteiger partial charge >= 0.3 is 5.97 Å². The lowest BCUT2D eigenvalue weighted by atomic mass is 9.83. The Bertz CT molecular complexity index is 895. The smallest absolute Gasteiger partial charge is 0.311 e. The van der Waals surface area contributed by atoms with E-state index in [1.807, 2.05) is 24.3 Å². The molecule has 0 saturated carbocycles. The molecule has 1 heterocycles. The Balaban J connectivity index is 2.11. The topological polar surface area (TPSA) is 74.3 Å². The Morgan fingerprint density at radius 3 is 2.30 bits per heavy atom. The largest absolute Gasteiger partial charge is 0.497 e. The zero-order valence-electron chi connectivity index (χ0n) is 17.7. The summed E-state index contributed by atoms with van der Waals surface area (Å²) in [5.41, 5.74) is 1.46. The number of hydrogen-bond acceptors (Lipinski definition) is 6. The number of nitrogens with zero attached hydrogens (tertiary/aromatic N) is 1. The molecule has 0 bridgehead atoms. The molecule has 0 spiro atoms. The first-order valence-corrected chi connectivity index (χ1v) is 9.88. The second-order valence-electron chi connectivity index (χ2n) is 6.92. The second kappa shape index (κ2) is 9.52. The number of piperidine rings is 1. The van der Waals surface area contributed by atoms with Crippen LogP contribution in [0, 0.1) is 5.92 Å². The van der Waals surface area contributed by atoms with Crippen LogP contribution in [0.5, 0.6) is 17.2 Å². The van der Waals surface area contributed by atoms with E-state index < -0.39 is 12.0 Å². The van der Waals surface area contributed by atoms with E-state index in [-0.39, 0.29) is 24.9 Å². The van der Waals surface area contributed by atoms with Gasteiger partial charge < -0.3 is 23.8 Å². The highest BCUT2D eigenvalue weighted by molar-refractivity contribution is 5.97. The van der Waals surface area contributed by atoms with Crippen LogP contribution in [-0.4, -0.2) is 39.8 Å². The molecular formula is C23H27NO6. The minimum Gasteiger partial charge on any atom is -0.497 e. The lowest BCUT2D eigenvalue weighted by molar-refractivity contribution is -0.150. The summed E-state index contributed by atoms with van der Waals surface area (Å²) in [5, 5.41) is 0. The third-order valence-corrected chi connectivity index (χ3v) is 5.29. The van der Waals surface area contributed by atoms with Crippen molar-refractivity contribution < 1.29 is 28.5 Å². The van der Waals surface area contributed by atoms with Crippen LogP contribution in [0.2, 0.25) is 0 Å². The molecule has 0 aromatic heterocycles. The van der Waals surface area contributed by atoms with E-state index in [1.165, 1.54) is 0 Å². The normalized spacial score (nSPS) is 18.7. The van der Waals surface area contributed by atoms with Crippen molar-refractivity contribution in [3.8, 4) is 17.2 Å². The minimum absolute atomic E-state index is 0.0551. The lowest BCUT2D eigenvalue weighted by Gasteiger charge is -2.40. The van der Waals surface area contributed by atoms with Crippen LogP contribution in [0.1, 0.15) is 31.4 Å². The fourth-order valence-electron chi connectivity index (χ4n) is 3.85. The fourth-order valence-corrected chi connectivity index (χ4v) is 3.85. The van der Waals surface area contributed by atoms with Crippen LogP contribution in [-0.2, 0) is 14.3 Å². The van der Waals surface area contributed by atoms with Gasteiger partial charge in [0.15, 0.2) is 11.5 Å². The van der Waals surface area contributed by atoms with Crippen molar-refractivity contribution in [1.29, 1.82) is 0 Å². The number of benzene rings is 2. The molecule has 7 heteroatoms. The summed E-state index contributed by atoms with van der Waals surface area (Å²) in [4.78, 5) is 27.5. The highest BCUT2D eigenvalue weighted by atomic mass is 16.5. The Morgan fingerprint density at radius 2 is 1.70 bits per heavy atom. The number of methoxy groups -OCH3 is 3. The van der Waals surface area contributed by atoms with E-state index in [9.17, 15) is 9.59 Å². The molecule has 0 radical (unpaired) electrons. The summed E-state index contributed by atoms with van der Waals surface area (Å²) < 4.78 is 21.4. The average Bonchev–Trinajstić information content (AvgIpc) is 2.78. The van der Waals surface area contributed by atoms with Crippen molar-refractivity contribution in [3.63, 3.8) is 0 Å². The van der Waals surface area contributed by atoms with Crippen molar-refractivity contribution in [3.05, 3.63) is 48.0 Å². The zero-order chi connectivity index (χ0) is 21.7. The number of rotatable bonds is 7. The number of amides is 1. The van der Waals surface area contributed by atoms with Gasteiger partial charge in [0, 0.05) is 12.1 Å². The minimum atomic E-state index is -0.529. The quantitative estimate of drug-likeness (QED) is 0.644. The maximum Gasteiger partial charge on any atom is 0.311 e. The molecule has 1 aliphatic rings. The molecule has 2 atom stereocenters. The van der Waals surface area contributed by atoms with Crippen LogP contribution in [0.4, 0.5) is 5.69 Å². The van der Waals surface area contributed by atoms with Gasteiger partial charge in [0.25, 0.3) is 0 Å². The molecule has 1 amide bonds. The van der Waals surface area contributed by atoms with Gasteiger partial charge in [-0.3, -0.25) is 9.59 Å². The molecule has 160 valence electrons. The third-order valence-electron chi connectivity index (χ3n) is 5.29. The molecule has 7 nitrogen and oxygen atoms in total. The number of ether oxygens (including phenoxy) is 4. The SMILES string of the molecule is CCOC(=O)[C@H]1CCC(=O)N(c2ccc(OC)cc2)[C@@H]1c1ccc(OC)c(OC)c1. The maximum atomic E-state index is 13.0. The molecule has 1 fully saturated rings. The zero-order valence-corrected chi connectivity index (χ0v) is 17.7. The van der Waals surface area contributed by atoms with Crippen molar-refractivity contribution >= 4 is 17.6 Å². The van der Waals surface area contributed by atoms with Crippen molar-refractivity contribution in [2.24, 2.45) is 5.92 Å². The Labute approximate surface area is 176 Å². The van der Waals surface area contributed by atoms with E-state index in [2.05, 4.69) is 0 Å². The first kappa shape index (κ1) is 21.5. The number of carbonyl (C=O) groups is 2. The van der Waals surface area contributed by atoms with E-state index in [1.54, 1.807) is 51.4 Å². The van der Waals surface area contributed by atoms with Crippen LogP contribution >= 0.6 is 0 Å². The Kier molecular flexibility index (Phi) is 6.82. The number of carbonyl (C=O) groups excluding carboxylic acids is 2. The predicted octanol–water partition coefficient (Wildman–Crippen LogP) is 3.76. The molecule has 30 heavy (non-hydrogen) atoms. The average molecular weight is 413 g/mol. The number of esters is 1. The first-order chi connectivity index (χ1) is 14.5. The van der Waals surface area contributed by atoms with Gasteiger partial charge in [0.2, 0.25) is 5.91 Å². The van der Waals surface area contributed by atoms with E-state index in [0.717, 1.165) is 5.56 Å². The van der Waals surface area contributed by atoms with Gasteiger partial charge in [-0.05, 0) is 55.3 Å². The lowest BCUT2D eigenvalue weighted by Crippen LogP contribution is -2.46. The molecule has 0 aliphatic carbocycles. The third kappa shape index (κ3) is 4.20. The van der Waals surface area contributed by atoms with Crippen molar-refractivity contribution in [2.75, 3.05) is 32.8 Å². The summed E-state index contributed by atoms with van der Waals surface area (Å²) >= 11 is 0. The van der Waals surface area contributed by atoms with Crippen LogP contribution < -0.4 is 19.1 Å². The first-order valence-electron chi connectivity index (χ1n) is 9.88. The molecule has 2 aromatic carbocycles.